The van der Waals surface area contributed by atoms with Gasteiger partial charge in [0.1, 0.15) is 0 Å². The van der Waals surface area contributed by atoms with E-state index in [0.717, 1.165) is 0 Å². The molecule has 0 unspecified atom stereocenters. The lowest BCUT2D eigenvalue weighted by molar-refractivity contribution is 1.65. The fourth-order valence-corrected chi connectivity index (χ4v) is 3.99. The molecule has 1 heteroatoms. The molecule has 82 valence electrons. The van der Waals surface area contributed by atoms with Gasteiger partial charge in [0.2, 0.25) is 0 Å². The summed E-state index contributed by atoms with van der Waals surface area (Å²) in [5.41, 5.74) is 2.78. The van der Waals surface area contributed by atoms with Crippen molar-refractivity contribution in [2.45, 2.75) is 0 Å². The van der Waals surface area contributed by atoms with Crippen LogP contribution in [-0.4, -0.2) is 9.52 Å². The molecule has 0 nitrogen and oxygen atoms in total. The lowest BCUT2D eigenvalue weighted by atomic mass is 10.2. The minimum Gasteiger partial charge on any atom is -0.0628 e. The molecule has 1 aliphatic rings. The van der Waals surface area contributed by atoms with Crippen molar-refractivity contribution in [3.05, 3.63) is 83.9 Å². The predicted molar refractivity (Wildman–Crippen MR) is 77.4 cm³/mol. The van der Waals surface area contributed by atoms with E-state index >= 15 is 0 Å². The van der Waals surface area contributed by atoms with Gasteiger partial charge < -0.3 is 0 Å². The highest BCUT2D eigenvalue weighted by Gasteiger charge is 2.11. The molecule has 17 heavy (non-hydrogen) atoms. The zero-order valence-electron chi connectivity index (χ0n) is 9.64. The first-order valence-electron chi connectivity index (χ1n) is 5.94. The largest absolute Gasteiger partial charge is 0.0890 e. The summed E-state index contributed by atoms with van der Waals surface area (Å²) in [5.74, 6) is 0. The highest BCUT2D eigenvalue weighted by atomic mass is 28.2. The van der Waals surface area contributed by atoms with Crippen molar-refractivity contribution in [2.24, 2.45) is 0 Å². The Bertz CT molecular complexity index is 511. The minimum atomic E-state index is -0.303. The van der Waals surface area contributed by atoms with Crippen molar-refractivity contribution in [2.75, 3.05) is 0 Å². The standard InChI is InChI=1S/C16H14Si/c1-3-7-13(8-4-1)15-11-12-16(17-15)14-9-5-2-6-10-14/h1-12H,17H2. The summed E-state index contributed by atoms with van der Waals surface area (Å²) in [6, 6.07) is 21.5. The Morgan fingerprint density at radius 2 is 0.941 bits per heavy atom. The molecule has 1 heterocycles. The van der Waals surface area contributed by atoms with Gasteiger partial charge >= 0.3 is 0 Å². The third kappa shape index (κ3) is 2.15. The average molecular weight is 234 g/mol. The third-order valence-corrected chi connectivity index (χ3v) is 5.21. The lowest BCUT2D eigenvalue weighted by Gasteiger charge is -2.05. The maximum absolute atomic E-state index is 2.30. The summed E-state index contributed by atoms with van der Waals surface area (Å²) in [4.78, 5) is 0. The van der Waals surface area contributed by atoms with Crippen LogP contribution in [0, 0.1) is 0 Å². The molecule has 0 aromatic heterocycles. The first kappa shape index (κ1) is 10.3. The summed E-state index contributed by atoms with van der Waals surface area (Å²) >= 11 is 0. The van der Waals surface area contributed by atoms with Crippen LogP contribution in [0.1, 0.15) is 11.1 Å². The molecule has 0 bridgehead atoms. The Morgan fingerprint density at radius 3 is 1.35 bits per heavy atom. The van der Waals surface area contributed by atoms with E-state index in [0.29, 0.717) is 0 Å². The Balaban J connectivity index is 1.81. The van der Waals surface area contributed by atoms with Gasteiger partial charge in [-0.05, 0) is 11.1 Å². The van der Waals surface area contributed by atoms with Crippen molar-refractivity contribution in [1.82, 2.24) is 0 Å². The maximum Gasteiger partial charge on any atom is 0.0890 e. The Kier molecular flexibility index (Phi) is 2.76. The highest BCUT2D eigenvalue weighted by molar-refractivity contribution is 6.80. The second-order valence-corrected chi connectivity index (χ2v) is 6.17. The van der Waals surface area contributed by atoms with E-state index in [1.807, 2.05) is 0 Å². The molecule has 0 atom stereocenters. The van der Waals surface area contributed by atoms with Gasteiger partial charge in [-0.25, -0.2) is 0 Å². The fourth-order valence-electron chi connectivity index (χ4n) is 2.23. The van der Waals surface area contributed by atoms with E-state index in [9.17, 15) is 0 Å². The van der Waals surface area contributed by atoms with Crippen molar-refractivity contribution < 1.29 is 0 Å². The minimum absolute atomic E-state index is 0.303. The second-order valence-electron chi connectivity index (χ2n) is 4.29. The van der Waals surface area contributed by atoms with Crippen LogP contribution in [0.15, 0.2) is 72.8 Å². The first-order valence-corrected chi connectivity index (χ1v) is 7.35. The summed E-state index contributed by atoms with van der Waals surface area (Å²) in [6.07, 6.45) is 4.59. The lowest BCUT2D eigenvalue weighted by Crippen LogP contribution is -1.95. The summed E-state index contributed by atoms with van der Waals surface area (Å²) in [7, 11) is -0.303. The van der Waals surface area contributed by atoms with E-state index in [1.165, 1.54) is 11.1 Å². The van der Waals surface area contributed by atoms with Gasteiger partial charge in [-0.15, -0.1) is 0 Å². The van der Waals surface area contributed by atoms with Gasteiger partial charge in [-0.2, -0.15) is 0 Å². The number of hydrogen-bond acceptors (Lipinski definition) is 0. The Hall–Kier alpha value is -1.86. The van der Waals surface area contributed by atoms with E-state index in [-0.39, 0.29) is 9.52 Å². The van der Waals surface area contributed by atoms with Crippen molar-refractivity contribution in [3.63, 3.8) is 0 Å². The van der Waals surface area contributed by atoms with Gasteiger partial charge in [0.15, 0.2) is 0 Å². The molecule has 0 spiro atoms. The molecule has 3 rings (SSSR count). The van der Waals surface area contributed by atoms with E-state index in [2.05, 4.69) is 72.8 Å². The normalized spacial score (nSPS) is 14.4. The molecule has 2 aromatic rings. The first-order chi connectivity index (χ1) is 8.43. The second kappa shape index (κ2) is 4.56. The van der Waals surface area contributed by atoms with Crippen LogP contribution >= 0.6 is 0 Å². The van der Waals surface area contributed by atoms with Gasteiger partial charge in [-0.3, -0.25) is 0 Å². The zero-order chi connectivity index (χ0) is 11.5. The molecule has 0 aliphatic carbocycles. The Labute approximate surface area is 104 Å². The maximum atomic E-state index is 2.30. The molecule has 0 N–H and O–H groups in total. The molecular formula is C16H14Si. The van der Waals surface area contributed by atoms with Crippen LogP contribution in [0.3, 0.4) is 0 Å². The fraction of sp³-hybridized carbons (Fsp3) is 0. The zero-order valence-corrected chi connectivity index (χ0v) is 11.0. The van der Waals surface area contributed by atoms with Crippen molar-refractivity contribution in [1.29, 1.82) is 0 Å². The monoisotopic (exact) mass is 234 g/mol. The molecule has 0 amide bonds. The molecular weight excluding hydrogens is 220 g/mol. The van der Waals surface area contributed by atoms with Crippen LogP contribution in [0.5, 0.6) is 0 Å². The highest BCUT2D eigenvalue weighted by Crippen LogP contribution is 2.26. The summed E-state index contributed by atoms with van der Waals surface area (Å²) in [5, 5.41) is 3.09. The molecule has 0 saturated carbocycles. The van der Waals surface area contributed by atoms with E-state index < -0.39 is 0 Å². The number of allylic oxidation sites excluding steroid dienone is 2. The molecule has 1 aliphatic heterocycles. The number of rotatable bonds is 2. The summed E-state index contributed by atoms with van der Waals surface area (Å²) < 4.78 is 0. The average Bonchev–Trinajstić information content (AvgIpc) is 2.90. The predicted octanol–water partition coefficient (Wildman–Crippen LogP) is 3.25. The smallest absolute Gasteiger partial charge is 0.0628 e. The van der Waals surface area contributed by atoms with Crippen molar-refractivity contribution in [3.8, 4) is 0 Å². The SMILES string of the molecule is C1=C(c2ccccc2)[SiH2]C(c2ccccc2)=C1. The van der Waals surface area contributed by atoms with Gasteiger partial charge in [0, 0.05) is 0 Å². The molecule has 0 fully saturated rings. The van der Waals surface area contributed by atoms with Crippen LogP contribution in [0.4, 0.5) is 0 Å². The van der Waals surface area contributed by atoms with Gasteiger partial charge in [0.25, 0.3) is 0 Å². The van der Waals surface area contributed by atoms with Crippen molar-refractivity contribution >= 4 is 19.9 Å². The van der Waals surface area contributed by atoms with Crippen LogP contribution in [0.25, 0.3) is 10.4 Å². The summed E-state index contributed by atoms with van der Waals surface area (Å²) in [6.45, 7) is 0. The third-order valence-electron chi connectivity index (χ3n) is 3.16. The number of hydrogen-bond donors (Lipinski definition) is 0. The molecule has 0 radical (unpaired) electrons. The molecule has 0 saturated heterocycles. The number of benzene rings is 2. The molecule has 2 aromatic carbocycles. The van der Waals surface area contributed by atoms with Crippen LogP contribution in [-0.2, 0) is 0 Å². The van der Waals surface area contributed by atoms with Gasteiger partial charge in [0.05, 0.1) is 9.52 Å². The van der Waals surface area contributed by atoms with Crippen LogP contribution in [0.2, 0.25) is 0 Å². The van der Waals surface area contributed by atoms with Crippen LogP contribution < -0.4 is 0 Å². The quantitative estimate of drug-likeness (QED) is 0.700. The van der Waals surface area contributed by atoms with E-state index in [4.69, 9.17) is 0 Å². The van der Waals surface area contributed by atoms with Gasteiger partial charge in [-0.1, -0.05) is 83.2 Å². The topological polar surface area (TPSA) is 0 Å². The Morgan fingerprint density at radius 1 is 0.529 bits per heavy atom. The van der Waals surface area contributed by atoms with E-state index in [1.54, 1.807) is 10.4 Å².